The van der Waals surface area contributed by atoms with Gasteiger partial charge in [0.2, 0.25) is 0 Å². The van der Waals surface area contributed by atoms with E-state index in [-0.39, 0.29) is 5.69 Å². The summed E-state index contributed by atoms with van der Waals surface area (Å²) in [5.41, 5.74) is -0.0326. The Balaban J connectivity index is 2.84. The Kier molecular flexibility index (Phi) is 3.72. The van der Waals surface area contributed by atoms with Crippen molar-refractivity contribution in [2.45, 2.75) is 0 Å². The molecule has 0 N–H and O–H groups in total. The number of benzene rings is 1. The van der Waals surface area contributed by atoms with Crippen molar-refractivity contribution < 1.29 is 9.45 Å². The first kappa shape index (κ1) is 11.7. The molecule has 0 bridgehead atoms. The molecule has 0 fully saturated rings. The third-order valence-electron chi connectivity index (χ3n) is 1.26. The second kappa shape index (κ2) is 4.45. The van der Waals surface area contributed by atoms with Gasteiger partial charge in [-0.05, 0) is 46.4 Å². The van der Waals surface area contributed by atoms with Crippen LogP contribution < -0.4 is 4.52 Å². The highest BCUT2D eigenvalue weighted by Gasteiger charge is 2.11. The normalized spacial score (nSPS) is 11.0. The molecule has 1 aromatic rings. The van der Waals surface area contributed by atoms with Gasteiger partial charge in [0.15, 0.2) is 0 Å². The van der Waals surface area contributed by atoms with Gasteiger partial charge in [-0.3, -0.25) is 10.1 Å². The van der Waals surface area contributed by atoms with E-state index in [0.717, 1.165) is 0 Å². The van der Waals surface area contributed by atoms with Crippen molar-refractivity contribution in [1.82, 2.24) is 0 Å². The van der Waals surface area contributed by atoms with Crippen LogP contribution in [0.4, 0.5) is 5.69 Å². The Morgan fingerprint density at radius 3 is 2.21 bits per heavy atom. The van der Waals surface area contributed by atoms with Crippen LogP contribution >= 0.6 is 27.5 Å². The molecule has 0 radical (unpaired) electrons. The molecule has 0 saturated carbocycles. The van der Waals surface area contributed by atoms with Crippen LogP contribution in [0.25, 0.3) is 0 Å². The fourth-order valence-electron chi connectivity index (χ4n) is 0.751. The molecule has 0 atom stereocenters. The molecule has 0 aliphatic rings. The third-order valence-corrected chi connectivity index (χ3v) is 2.32. The number of rotatable bonds is 3. The van der Waals surface area contributed by atoms with E-state index in [1.54, 1.807) is 0 Å². The maximum atomic E-state index is 10.3. The summed E-state index contributed by atoms with van der Waals surface area (Å²) in [6.07, 6.45) is 0. The Labute approximate surface area is 94.6 Å². The Bertz CT molecular complexity index is 391. The average Bonchev–Trinajstić information content (AvgIpc) is 2.02. The lowest BCUT2D eigenvalue weighted by Gasteiger charge is -2.07. The molecule has 0 heterocycles. The molecule has 0 aromatic heterocycles. The van der Waals surface area contributed by atoms with E-state index in [1.807, 2.05) is 0 Å². The summed E-state index contributed by atoms with van der Waals surface area (Å²) in [5.74, 6) is 0.323. The van der Waals surface area contributed by atoms with Crippen molar-refractivity contribution in [2.75, 3.05) is 0 Å². The molecular weight excluding hydrogens is 268 g/mol. The second-order valence-corrected chi connectivity index (χ2v) is 9.39. The van der Waals surface area contributed by atoms with Gasteiger partial charge in [0.05, 0.1) is 4.92 Å². The number of non-ortho nitro benzene ring substituents is 1. The minimum absolute atomic E-state index is 0.0326. The first-order valence-corrected chi connectivity index (χ1v) is 7.85. The summed E-state index contributed by atoms with van der Waals surface area (Å²) < 4.78 is 4.97. The van der Waals surface area contributed by atoms with Crippen LogP contribution in [-0.2, 0) is 11.8 Å². The third kappa shape index (κ3) is 3.80. The van der Waals surface area contributed by atoms with Crippen LogP contribution in [-0.4, -0.2) is 4.92 Å². The zero-order chi connectivity index (χ0) is 10.8. The van der Waals surface area contributed by atoms with Crippen molar-refractivity contribution in [1.29, 1.82) is 0 Å². The summed E-state index contributed by atoms with van der Waals surface area (Å²) in [7, 11) is 0. The number of hydrogen-bond acceptors (Lipinski definition) is 4. The van der Waals surface area contributed by atoms with Crippen molar-refractivity contribution in [3.05, 3.63) is 34.4 Å². The van der Waals surface area contributed by atoms with Gasteiger partial charge in [-0.15, -0.1) is 0 Å². The lowest BCUT2D eigenvalue weighted by molar-refractivity contribution is -0.384. The maximum absolute atomic E-state index is 10.3. The van der Waals surface area contributed by atoms with Gasteiger partial charge in [-0.25, -0.2) is 0 Å². The molecule has 0 amide bonds. The number of nitro benzene ring substituents is 1. The van der Waals surface area contributed by atoms with E-state index >= 15 is 0 Å². The summed E-state index contributed by atoms with van der Waals surface area (Å²) in [6.45, 7) is 0. The van der Waals surface area contributed by atoms with E-state index in [1.165, 1.54) is 24.3 Å². The highest BCUT2D eigenvalue weighted by molar-refractivity contribution is 8.36. The quantitative estimate of drug-likeness (QED) is 0.478. The van der Waals surface area contributed by atoms with Crippen LogP contribution in [0.2, 0.25) is 0 Å². The number of hydrogen-bond donors (Lipinski definition) is 0. The fourth-order valence-corrected chi connectivity index (χ4v) is 1.85. The zero-order valence-corrected chi connectivity index (χ0v) is 9.82. The predicted molar refractivity (Wildman–Crippen MR) is 59.7 cm³/mol. The summed E-state index contributed by atoms with van der Waals surface area (Å²) in [4.78, 5) is 6.97. The van der Waals surface area contributed by atoms with Crippen molar-refractivity contribution >= 4 is 44.9 Å². The van der Waals surface area contributed by atoms with E-state index in [0.29, 0.717) is 5.75 Å². The molecule has 76 valence electrons. The van der Waals surface area contributed by atoms with Crippen molar-refractivity contribution in [2.24, 2.45) is 0 Å². The summed E-state index contributed by atoms with van der Waals surface area (Å²) in [6, 6.07) is 5.36. The van der Waals surface area contributed by atoms with Gasteiger partial charge in [0.1, 0.15) is 5.75 Å². The van der Waals surface area contributed by atoms with Crippen LogP contribution in [0.15, 0.2) is 24.3 Å². The lowest BCUT2D eigenvalue weighted by atomic mass is 10.3. The molecule has 1 aromatic carbocycles. The monoisotopic (exact) mass is 271 g/mol. The highest BCUT2D eigenvalue weighted by Crippen LogP contribution is 2.57. The zero-order valence-electron chi connectivity index (χ0n) is 6.59. The van der Waals surface area contributed by atoms with E-state index in [2.05, 4.69) is 11.8 Å². The predicted octanol–water partition coefficient (Wildman–Crippen LogP) is 3.68. The van der Waals surface area contributed by atoms with Crippen LogP contribution in [0.5, 0.6) is 5.75 Å². The standard InChI is InChI=1S/C6H4Cl2NO3PS/c7-13(8,14)12-6-3-1-5(2-4-6)9(10)11/h1-4H. The van der Waals surface area contributed by atoms with E-state index < -0.39 is 9.89 Å². The summed E-state index contributed by atoms with van der Waals surface area (Å²) >= 11 is 15.6. The minimum Gasteiger partial charge on any atom is -0.441 e. The van der Waals surface area contributed by atoms with Gasteiger partial charge >= 0.3 is 0 Å². The van der Waals surface area contributed by atoms with Gasteiger partial charge in [-0.2, -0.15) is 0 Å². The summed E-state index contributed by atoms with van der Waals surface area (Å²) in [5, 5.41) is 10.3. The van der Waals surface area contributed by atoms with Crippen molar-refractivity contribution in [3.63, 3.8) is 0 Å². The topological polar surface area (TPSA) is 52.4 Å². The Hall–Kier alpha value is -0.350. The Morgan fingerprint density at radius 2 is 1.86 bits per heavy atom. The first-order chi connectivity index (χ1) is 6.38. The molecule has 0 spiro atoms. The molecule has 8 heteroatoms. The molecule has 0 saturated heterocycles. The largest absolute Gasteiger partial charge is 0.441 e. The number of nitro groups is 1. The SMILES string of the molecule is O=[N+]([O-])c1ccc(OP(=S)(Cl)Cl)cc1. The van der Waals surface area contributed by atoms with Gasteiger partial charge in [0, 0.05) is 12.1 Å². The Morgan fingerprint density at radius 1 is 1.36 bits per heavy atom. The molecule has 1 rings (SSSR count). The van der Waals surface area contributed by atoms with E-state index in [9.17, 15) is 10.1 Å². The minimum atomic E-state index is -2.82. The molecular formula is C6H4Cl2NO3PS. The van der Waals surface area contributed by atoms with Crippen LogP contribution in [0.3, 0.4) is 0 Å². The second-order valence-electron chi connectivity index (χ2n) is 2.26. The van der Waals surface area contributed by atoms with Crippen molar-refractivity contribution in [3.8, 4) is 5.75 Å². The number of nitrogens with zero attached hydrogens (tertiary/aromatic N) is 1. The smallest absolute Gasteiger partial charge is 0.289 e. The molecule has 0 aliphatic carbocycles. The van der Waals surface area contributed by atoms with Gasteiger partial charge < -0.3 is 4.52 Å². The lowest BCUT2D eigenvalue weighted by Crippen LogP contribution is -1.87. The van der Waals surface area contributed by atoms with Gasteiger partial charge in [0.25, 0.3) is 10.7 Å². The molecule has 4 nitrogen and oxygen atoms in total. The molecule has 0 unspecified atom stereocenters. The maximum Gasteiger partial charge on any atom is 0.289 e. The molecule has 14 heavy (non-hydrogen) atoms. The van der Waals surface area contributed by atoms with Crippen LogP contribution in [0, 0.1) is 10.1 Å². The number of halogens is 2. The fraction of sp³-hybridized carbons (Fsp3) is 0. The van der Waals surface area contributed by atoms with E-state index in [4.69, 9.17) is 27.0 Å². The molecule has 0 aliphatic heterocycles. The highest BCUT2D eigenvalue weighted by atomic mass is 35.9. The van der Waals surface area contributed by atoms with Crippen LogP contribution in [0.1, 0.15) is 0 Å². The van der Waals surface area contributed by atoms with Gasteiger partial charge in [-0.1, -0.05) is 0 Å². The average molecular weight is 272 g/mol. The first-order valence-electron chi connectivity index (χ1n) is 3.32.